The Balaban J connectivity index is 1.88. The predicted octanol–water partition coefficient (Wildman–Crippen LogP) is 2.16. The van der Waals surface area contributed by atoms with Crippen LogP contribution in [-0.4, -0.2) is 49.1 Å². The zero-order valence-electron chi connectivity index (χ0n) is 13.4. The minimum atomic E-state index is 0.593. The van der Waals surface area contributed by atoms with Crippen LogP contribution in [0.25, 0.3) is 0 Å². The molecule has 0 spiro atoms. The van der Waals surface area contributed by atoms with Crippen LogP contribution in [-0.2, 0) is 13.1 Å². The number of hydrogen-bond donors (Lipinski definition) is 1. The summed E-state index contributed by atoms with van der Waals surface area (Å²) in [5.41, 5.74) is 1.30. The Bertz CT molecular complexity index is 402. The number of nitrogens with one attached hydrogen (secondary N) is 1. The second-order valence-corrected chi connectivity index (χ2v) is 6.48. The Morgan fingerprint density at radius 1 is 1.40 bits per heavy atom. The zero-order valence-corrected chi connectivity index (χ0v) is 13.4. The first-order valence-corrected chi connectivity index (χ1v) is 7.74. The third-order valence-corrected chi connectivity index (χ3v) is 4.02. The highest BCUT2D eigenvalue weighted by atomic mass is 16.3. The summed E-state index contributed by atoms with van der Waals surface area (Å²) in [5, 5.41) is 3.50. The van der Waals surface area contributed by atoms with Gasteiger partial charge in [-0.1, -0.05) is 13.8 Å². The average Bonchev–Trinajstić information content (AvgIpc) is 2.80. The maximum Gasteiger partial charge on any atom is 0.122 e. The van der Waals surface area contributed by atoms with Crippen molar-refractivity contribution in [2.45, 2.75) is 39.9 Å². The molecule has 0 radical (unpaired) electrons. The largest absolute Gasteiger partial charge is 0.468 e. The smallest absolute Gasteiger partial charge is 0.122 e. The number of nitrogens with zero attached hydrogens (tertiary/aromatic N) is 2. The van der Waals surface area contributed by atoms with Gasteiger partial charge in [0, 0.05) is 37.8 Å². The number of hydrogen-bond acceptors (Lipinski definition) is 4. The van der Waals surface area contributed by atoms with Crippen molar-refractivity contribution in [2.75, 3.05) is 33.2 Å². The second-order valence-electron chi connectivity index (χ2n) is 6.48. The van der Waals surface area contributed by atoms with Gasteiger partial charge >= 0.3 is 0 Å². The Labute approximate surface area is 123 Å². The van der Waals surface area contributed by atoms with Crippen molar-refractivity contribution in [3.63, 3.8) is 0 Å². The van der Waals surface area contributed by atoms with Gasteiger partial charge in [0.2, 0.25) is 0 Å². The predicted molar refractivity (Wildman–Crippen MR) is 82.6 cm³/mol. The molecule has 0 aliphatic carbocycles. The van der Waals surface area contributed by atoms with Crippen LogP contribution in [0.5, 0.6) is 0 Å². The topological polar surface area (TPSA) is 31.7 Å². The van der Waals surface area contributed by atoms with Crippen molar-refractivity contribution in [3.8, 4) is 0 Å². The first-order chi connectivity index (χ1) is 9.56. The third-order valence-electron chi connectivity index (χ3n) is 4.02. The molecule has 1 aliphatic heterocycles. The van der Waals surface area contributed by atoms with Gasteiger partial charge in [0.15, 0.2) is 0 Å². The SMILES string of the molecule is CC(C)CNCc1ccoc1CN1CCN(C)CC1C. The Hall–Kier alpha value is -0.840. The molecule has 1 N–H and O–H groups in total. The van der Waals surface area contributed by atoms with E-state index >= 15 is 0 Å². The summed E-state index contributed by atoms with van der Waals surface area (Å²) in [5.74, 6) is 1.81. The van der Waals surface area contributed by atoms with Crippen LogP contribution in [0.2, 0.25) is 0 Å². The second kappa shape index (κ2) is 7.25. The van der Waals surface area contributed by atoms with Crippen molar-refractivity contribution in [1.29, 1.82) is 0 Å². The lowest BCUT2D eigenvalue weighted by Gasteiger charge is -2.37. The van der Waals surface area contributed by atoms with Crippen molar-refractivity contribution < 1.29 is 4.42 Å². The molecule has 0 aromatic carbocycles. The molecule has 4 nitrogen and oxygen atoms in total. The fraction of sp³-hybridized carbons (Fsp3) is 0.750. The number of likely N-dealkylation sites (N-methyl/N-ethyl adjacent to an activating group) is 1. The van der Waals surface area contributed by atoms with Gasteiger partial charge in [-0.25, -0.2) is 0 Å². The van der Waals surface area contributed by atoms with Gasteiger partial charge in [0.05, 0.1) is 12.8 Å². The monoisotopic (exact) mass is 279 g/mol. The number of piperazine rings is 1. The molecule has 0 saturated carbocycles. The normalized spacial score (nSPS) is 21.8. The molecule has 4 heteroatoms. The summed E-state index contributed by atoms with van der Waals surface area (Å²) in [4.78, 5) is 4.92. The van der Waals surface area contributed by atoms with E-state index in [0.717, 1.165) is 45.0 Å². The van der Waals surface area contributed by atoms with Gasteiger partial charge in [-0.05, 0) is 32.5 Å². The highest BCUT2D eigenvalue weighted by Gasteiger charge is 2.23. The maximum atomic E-state index is 5.70. The van der Waals surface area contributed by atoms with Crippen LogP contribution in [0, 0.1) is 5.92 Å². The van der Waals surface area contributed by atoms with Crippen molar-refractivity contribution in [1.82, 2.24) is 15.1 Å². The molecule has 1 atom stereocenters. The molecule has 1 aromatic heterocycles. The van der Waals surface area contributed by atoms with E-state index in [0.29, 0.717) is 12.0 Å². The zero-order chi connectivity index (χ0) is 14.5. The molecular weight excluding hydrogens is 250 g/mol. The fourth-order valence-electron chi connectivity index (χ4n) is 2.76. The number of furan rings is 1. The Morgan fingerprint density at radius 2 is 2.20 bits per heavy atom. The van der Waals surface area contributed by atoms with Crippen LogP contribution in [0.3, 0.4) is 0 Å². The molecule has 20 heavy (non-hydrogen) atoms. The van der Waals surface area contributed by atoms with Crippen molar-refractivity contribution in [2.24, 2.45) is 5.92 Å². The fourth-order valence-corrected chi connectivity index (χ4v) is 2.76. The molecule has 114 valence electrons. The van der Waals surface area contributed by atoms with Gasteiger partial charge in [0.25, 0.3) is 0 Å². The van der Waals surface area contributed by atoms with Gasteiger partial charge in [-0.2, -0.15) is 0 Å². The summed E-state index contributed by atoms with van der Waals surface area (Å²) < 4.78 is 5.70. The summed E-state index contributed by atoms with van der Waals surface area (Å²) in [7, 11) is 2.20. The molecular formula is C16H29N3O. The Morgan fingerprint density at radius 3 is 2.90 bits per heavy atom. The lowest BCUT2D eigenvalue weighted by molar-refractivity contribution is 0.0871. The van der Waals surface area contributed by atoms with Gasteiger partial charge in [0.1, 0.15) is 5.76 Å². The highest BCUT2D eigenvalue weighted by molar-refractivity contribution is 5.17. The van der Waals surface area contributed by atoms with E-state index in [1.54, 1.807) is 0 Å². The summed E-state index contributed by atoms with van der Waals surface area (Å²) >= 11 is 0. The van der Waals surface area contributed by atoms with E-state index in [2.05, 4.69) is 49.0 Å². The van der Waals surface area contributed by atoms with Crippen molar-refractivity contribution >= 4 is 0 Å². The first-order valence-electron chi connectivity index (χ1n) is 7.74. The van der Waals surface area contributed by atoms with Gasteiger partial charge in [-0.3, -0.25) is 4.90 Å². The van der Waals surface area contributed by atoms with E-state index in [4.69, 9.17) is 4.42 Å². The van der Waals surface area contributed by atoms with Crippen molar-refractivity contribution in [3.05, 3.63) is 23.7 Å². The van der Waals surface area contributed by atoms with Crippen LogP contribution in [0.15, 0.2) is 16.7 Å². The molecule has 0 bridgehead atoms. The minimum Gasteiger partial charge on any atom is -0.468 e. The first kappa shape index (κ1) is 15.5. The minimum absolute atomic E-state index is 0.593. The van der Waals surface area contributed by atoms with E-state index in [9.17, 15) is 0 Å². The standard InChI is InChI=1S/C16H29N3O/c1-13(2)9-17-10-15-5-8-20-16(15)12-19-7-6-18(4)11-14(19)3/h5,8,13-14,17H,6-7,9-12H2,1-4H3. The molecule has 1 unspecified atom stereocenters. The molecule has 2 rings (SSSR count). The molecule has 1 saturated heterocycles. The molecule has 1 fully saturated rings. The van der Waals surface area contributed by atoms with E-state index in [1.807, 2.05) is 6.26 Å². The Kier molecular flexibility index (Phi) is 5.64. The van der Waals surface area contributed by atoms with E-state index in [1.165, 1.54) is 5.56 Å². The van der Waals surface area contributed by atoms with Crippen LogP contribution >= 0.6 is 0 Å². The summed E-state index contributed by atoms with van der Waals surface area (Å²) in [6.07, 6.45) is 1.82. The van der Waals surface area contributed by atoms with E-state index in [-0.39, 0.29) is 0 Å². The quantitative estimate of drug-likeness (QED) is 0.865. The lowest BCUT2D eigenvalue weighted by Crippen LogP contribution is -2.49. The van der Waals surface area contributed by atoms with Crippen LogP contribution in [0.4, 0.5) is 0 Å². The molecule has 1 aromatic rings. The number of rotatable bonds is 6. The molecule has 1 aliphatic rings. The molecule has 2 heterocycles. The van der Waals surface area contributed by atoms with Gasteiger partial charge < -0.3 is 14.6 Å². The van der Waals surface area contributed by atoms with Gasteiger partial charge in [-0.15, -0.1) is 0 Å². The maximum absolute atomic E-state index is 5.70. The molecule has 0 amide bonds. The van der Waals surface area contributed by atoms with E-state index < -0.39 is 0 Å². The van der Waals surface area contributed by atoms with Crippen LogP contribution < -0.4 is 5.32 Å². The van der Waals surface area contributed by atoms with Crippen LogP contribution in [0.1, 0.15) is 32.1 Å². The summed E-state index contributed by atoms with van der Waals surface area (Å²) in [6, 6.07) is 2.69. The summed E-state index contributed by atoms with van der Waals surface area (Å²) in [6.45, 7) is 13.1. The average molecular weight is 279 g/mol. The lowest BCUT2D eigenvalue weighted by atomic mass is 10.1. The third kappa shape index (κ3) is 4.33. The highest BCUT2D eigenvalue weighted by Crippen LogP contribution is 2.17.